The van der Waals surface area contributed by atoms with Crippen molar-refractivity contribution in [3.8, 4) is 0 Å². The Labute approximate surface area is 199 Å². The molecule has 1 fully saturated rings. The van der Waals surface area contributed by atoms with Gasteiger partial charge in [-0.1, -0.05) is 34.5 Å². The largest absolute Gasteiger partial charge is 0.392 e. The maximum absolute atomic E-state index is 13.2. The van der Waals surface area contributed by atoms with Crippen LogP contribution in [0.1, 0.15) is 24.5 Å². The zero-order valence-corrected chi connectivity index (χ0v) is 20.6. The molecule has 10 heteroatoms. The van der Waals surface area contributed by atoms with Crippen LogP contribution in [-0.4, -0.2) is 52.9 Å². The highest BCUT2D eigenvalue weighted by atomic mass is 79.9. The van der Waals surface area contributed by atoms with Gasteiger partial charge in [0.1, 0.15) is 0 Å². The number of likely N-dealkylation sites (tertiary alicyclic amines) is 1. The van der Waals surface area contributed by atoms with Crippen LogP contribution in [0.25, 0.3) is 10.9 Å². The normalized spacial score (nSPS) is 17.3. The van der Waals surface area contributed by atoms with Gasteiger partial charge in [0.25, 0.3) is 5.56 Å². The Morgan fingerprint density at radius 1 is 1.22 bits per heavy atom. The van der Waals surface area contributed by atoms with Gasteiger partial charge >= 0.3 is 0 Å². The fourth-order valence-electron chi connectivity index (χ4n) is 3.97. The van der Waals surface area contributed by atoms with E-state index in [0.29, 0.717) is 34.6 Å². The van der Waals surface area contributed by atoms with Crippen molar-refractivity contribution in [2.45, 2.75) is 37.4 Å². The van der Waals surface area contributed by atoms with E-state index in [0.717, 1.165) is 23.0 Å². The maximum atomic E-state index is 13.2. The zero-order chi connectivity index (χ0) is 23.0. The van der Waals surface area contributed by atoms with Gasteiger partial charge in [-0.05, 0) is 47.9 Å². The van der Waals surface area contributed by atoms with Crippen molar-refractivity contribution in [2.24, 2.45) is 0 Å². The molecule has 4 rings (SSSR count). The summed E-state index contributed by atoms with van der Waals surface area (Å²) in [5.74, 6) is -0.0454. The molecule has 170 valence electrons. The van der Waals surface area contributed by atoms with E-state index < -0.39 is 9.84 Å². The van der Waals surface area contributed by atoms with E-state index in [1.54, 1.807) is 19.1 Å². The minimum atomic E-state index is -3.47. The number of aliphatic hydroxyl groups excluding tert-OH is 1. The summed E-state index contributed by atoms with van der Waals surface area (Å²) in [7, 11) is -3.47. The Balaban J connectivity index is 1.70. The Bertz CT molecular complexity index is 1340. The molecular formula is C22H23BrClN3O4S. The van der Waals surface area contributed by atoms with Crippen molar-refractivity contribution in [1.29, 1.82) is 0 Å². The Kier molecular flexibility index (Phi) is 6.74. The summed E-state index contributed by atoms with van der Waals surface area (Å²) < 4.78 is 27.2. The number of β-amino-alcohol motifs (C(OH)–C–C–N with tert-alkyl or cyclic N) is 1. The van der Waals surface area contributed by atoms with E-state index in [2.05, 4.69) is 25.8 Å². The molecule has 1 aliphatic heterocycles. The average molecular weight is 541 g/mol. The predicted octanol–water partition coefficient (Wildman–Crippen LogP) is 3.22. The average Bonchev–Trinajstić information content (AvgIpc) is 3.16. The van der Waals surface area contributed by atoms with Crippen LogP contribution in [0.3, 0.4) is 0 Å². The van der Waals surface area contributed by atoms with Crippen molar-refractivity contribution in [2.75, 3.05) is 18.8 Å². The van der Waals surface area contributed by atoms with Crippen molar-refractivity contribution in [1.82, 2.24) is 14.5 Å². The summed E-state index contributed by atoms with van der Waals surface area (Å²) in [5, 5.41) is 10.6. The Morgan fingerprint density at radius 2 is 2.00 bits per heavy atom. The third-order valence-corrected chi connectivity index (χ3v) is 8.51. The van der Waals surface area contributed by atoms with Gasteiger partial charge in [0, 0.05) is 29.1 Å². The zero-order valence-electron chi connectivity index (χ0n) is 17.5. The first-order valence-corrected chi connectivity index (χ1v) is 13.1. The summed E-state index contributed by atoms with van der Waals surface area (Å²) in [6, 6.07) is 8.22. The van der Waals surface area contributed by atoms with Gasteiger partial charge in [-0.15, -0.1) is 0 Å². The topological polar surface area (TPSA) is 92.5 Å². The first kappa shape index (κ1) is 23.4. The van der Waals surface area contributed by atoms with E-state index in [1.807, 2.05) is 6.07 Å². The number of aromatic nitrogens is 2. The SMILES string of the molecule is CCS(=O)(=O)c1ccc(Cl)cc1Cn1cnc2cc(CN3CC[C@@H](O)C3)c(Br)cc2c1=O. The number of aliphatic hydroxyl groups is 1. The molecule has 1 atom stereocenters. The molecular weight excluding hydrogens is 518 g/mol. The van der Waals surface area contributed by atoms with E-state index in [4.69, 9.17) is 11.6 Å². The van der Waals surface area contributed by atoms with Crippen LogP contribution in [0.5, 0.6) is 0 Å². The third kappa shape index (κ3) is 4.77. The standard InChI is InChI=1S/C22H23BrClN3O4S/c1-2-32(30,31)21-4-3-16(24)7-15(21)11-27-13-25-20-8-14(10-26-6-5-17(28)12-26)19(23)9-18(20)22(27)29/h3-4,7-9,13,17,28H,2,5-6,10-12H2,1H3/t17-/m1/s1. The van der Waals surface area contributed by atoms with Gasteiger partial charge in [-0.3, -0.25) is 14.3 Å². The lowest BCUT2D eigenvalue weighted by Gasteiger charge is -2.17. The van der Waals surface area contributed by atoms with Gasteiger partial charge in [0.2, 0.25) is 0 Å². The van der Waals surface area contributed by atoms with Gasteiger partial charge in [0.05, 0.1) is 40.5 Å². The molecule has 1 saturated heterocycles. The second-order valence-electron chi connectivity index (χ2n) is 7.97. The molecule has 0 unspecified atom stereocenters. The van der Waals surface area contributed by atoms with Crippen molar-refractivity contribution < 1.29 is 13.5 Å². The molecule has 2 heterocycles. The molecule has 0 amide bonds. The summed E-state index contributed by atoms with van der Waals surface area (Å²) in [5.41, 5.74) is 1.74. The summed E-state index contributed by atoms with van der Waals surface area (Å²) in [4.78, 5) is 20.0. The quantitative estimate of drug-likeness (QED) is 0.516. The second-order valence-corrected chi connectivity index (χ2v) is 11.5. The molecule has 0 bridgehead atoms. The molecule has 0 aliphatic carbocycles. The lowest BCUT2D eigenvalue weighted by Crippen LogP contribution is -2.23. The third-order valence-electron chi connectivity index (χ3n) is 5.71. The molecule has 0 saturated carbocycles. The molecule has 7 nitrogen and oxygen atoms in total. The molecule has 0 radical (unpaired) electrons. The minimum Gasteiger partial charge on any atom is -0.392 e. The number of nitrogens with zero attached hydrogens (tertiary/aromatic N) is 3. The van der Waals surface area contributed by atoms with E-state index in [9.17, 15) is 18.3 Å². The highest BCUT2D eigenvalue weighted by Crippen LogP contribution is 2.26. The molecule has 32 heavy (non-hydrogen) atoms. The summed E-state index contributed by atoms with van der Waals surface area (Å²) >= 11 is 9.66. The molecule has 1 N–H and O–H groups in total. The van der Waals surface area contributed by atoms with Crippen molar-refractivity contribution in [3.05, 3.63) is 67.6 Å². The van der Waals surface area contributed by atoms with E-state index in [1.165, 1.54) is 23.0 Å². The molecule has 1 aromatic heterocycles. The predicted molar refractivity (Wildman–Crippen MR) is 128 cm³/mol. The lowest BCUT2D eigenvalue weighted by atomic mass is 10.1. The number of sulfone groups is 1. The number of hydrogen-bond donors (Lipinski definition) is 1. The number of rotatable bonds is 6. The fourth-order valence-corrected chi connectivity index (χ4v) is 5.74. The highest BCUT2D eigenvalue weighted by Gasteiger charge is 2.22. The van der Waals surface area contributed by atoms with Gasteiger partial charge < -0.3 is 5.11 Å². The van der Waals surface area contributed by atoms with Crippen LogP contribution in [-0.2, 0) is 22.9 Å². The number of hydrogen-bond acceptors (Lipinski definition) is 6. The Hall–Kier alpha value is -1.78. The first-order chi connectivity index (χ1) is 15.2. The molecule has 3 aromatic rings. The lowest BCUT2D eigenvalue weighted by molar-refractivity contribution is 0.174. The van der Waals surface area contributed by atoms with E-state index in [-0.39, 0.29) is 28.9 Å². The summed E-state index contributed by atoms with van der Waals surface area (Å²) in [6.45, 7) is 3.72. The molecule has 1 aliphatic rings. The minimum absolute atomic E-state index is 0.0436. The van der Waals surface area contributed by atoms with Crippen LogP contribution in [0.15, 0.2) is 50.8 Å². The second kappa shape index (κ2) is 9.23. The smallest absolute Gasteiger partial charge is 0.261 e. The maximum Gasteiger partial charge on any atom is 0.261 e. The monoisotopic (exact) mass is 539 g/mol. The Morgan fingerprint density at radius 3 is 2.69 bits per heavy atom. The van der Waals surface area contributed by atoms with Crippen LogP contribution < -0.4 is 5.56 Å². The van der Waals surface area contributed by atoms with Crippen LogP contribution in [0.2, 0.25) is 5.02 Å². The van der Waals surface area contributed by atoms with Crippen LogP contribution in [0.4, 0.5) is 0 Å². The fraction of sp³-hybridized carbons (Fsp3) is 0.364. The number of benzene rings is 2. The molecule has 0 spiro atoms. The molecule has 2 aromatic carbocycles. The van der Waals surface area contributed by atoms with Gasteiger partial charge in [-0.25, -0.2) is 13.4 Å². The first-order valence-electron chi connectivity index (χ1n) is 10.3. The van der Waals surface area contributed by atoms with Gasteiger partial charge in [-0.2, -0.15) is 0 Å². The van der Waals surface area contributed by atoms with Crippen LogP contribution >= 0.6 is 27.5 Å². The van der Waals surface area contributed by atoms with Crippen molar-refractivity contribution >= 4 is 48.3 Å². The summed E-state index contributed by atoms with van der Waals surface area (Å²) in [6.07, 6.45) is 1.89. The van der Waals surface area contributed by atoms with Crippen molar-refractivity contribution in [3.63, 3.8) is 0 Å². The highest BCUT2D eigenvalue weighted by molar-refractivity contribution is 9.10. The van der Waals surface area contributed by atoms with Crippen LogP contribution in [0, 0.1) is 0 Å². The number of halogens is 2. The van der Waals surface area contributed by atoms with Gasteiger partial charge in [0.15, 0.2) is 9.84 Å². The van der Waals surface area contributed by atoms with E-state index >= 15 is 0 Å². The number of fused-ring (bicyclic) bond motifs is 1.